The number of alkyl halides is 1. The van der Waals surface area contributed by atoms with Gasteiger partial charge in [-0.25, -0.2) is 4.98 Å². The van der Waals surface area contributed by atoms with Gasteiger partial charge in [-0.15, -0.1) is 11.6 Å². The second-order valence-electron chi connectivity index (χ2n) is 5.49. The summed E-state index contributed by atoms with van der Waals surface area (Å²) in [5.74, 6) is 3.49. The normalized spacial score (nSPS) is 22.6. The van der Waals surface area contributed by atoms with E-state index in [1.54, 1.807) is 0 Å². The number of aryl methyl sites for hydroxylation is 2. The van der Waals surface area contributed by atoms with Crippen molar-refractivity contribution in [3.8, 4) is 0 Å². The van der Waals surface area contributed by atoms with Gasteiger partial charge in [0, 0.05) is 18.8 Å². The van der Waals surface area contributed by atoms with E-state index < -0.39 is 0 Å². The van der Waals surface area contributed by atoms with E-state index in [0.29, 0.717) is 5.88 Å². The van der Waals surface area contributed by atoms with Gasteiger partial charge in [-0.2, -0.15) is 0 Å². The third-order valence-corrected chi connectivity index (χ3v) is 4.26. The summed E-state index contributed by atoms with van der Waals surface area (Å²) in [7, 11) is 0. The molecule has 0 saturated heterocycles. The number of fused-ring (bicyclic) bond motifs is 1. The third kappa shape index (κ3) is 2.03. The summed E-state index contributed by atoms with van der Waals surface area (Å²) in [6.45, 7) is 5.56. The predicted molar refractivity (Wildman–Crippen MR) is 76.2 cm³/mol. The number of hydrogen-bond donors (Lipinski definition) is 0. The van der Waals surface area contributed by atoms with Crippen molar-refractivity contribution in [1.82, 2.24) is 9.55 Å². The molecule has 2 aromatic rings. The first-order valence-corrected chi connectivity index (χ1v) is 7.25. The second kappa shape index (κ2) is 4.58. The molecule has 2 nitrogen and oxygen atoms in total. The molecule has 96 valence electrons. The molecule has 0 spiro atoms. The first-order chi connectivity index (χ1) is 8.70. The molecule has 18 heavy (non-hydrogen) atoms. The Morgan fingerprint density at radius 3 is 2.89 bits per heavy atom. The molecule has 1 fully saturated rings. The zero-order chi connectivity index (χ0) is 12.7. The minimum absolute atomic E-state index is 0.641. The van der Waals surface area contributed by atoms with Gasteiger partial charge in [0.05, 0.1) is 11.0 Å². The molecule has 0 amide bonds. The van der Waals surface area contributed by atoms with Crippen molar-refractivity contribution in [2.75, 3.05) is 5.88 Å². The van der Waals surface area contributed by atoms with Crippen LogP contribution >= 0.6 is 11.6 Å². The molecule has 1 aromatic carbocycles. The highest BCUT2D eigenvalue weighted by atomic mass is 35.5. The molecule has 1 saturated carbocycles. The molecule has 3 heteroatoms. The number of rotatable bonds is 4. The van der Waals surface area contributed by atoms with Crippen molar-refractivity contribution in [2.24, 2.45) is 11.8 Å². The number of aromatic nitrogens is 2. The van der Waals surface area contributed by atoms with Gasteiger partial charge in [-0.1, -0.05) is 19.1 Å². The molecule has 2 unspecified atom stereocenters. The molecule has 1 aromatic heterocycles. The smallest absolute Gasteiger partial charge is 0.111 e. The molecule has 0 bridgehead atoms. The molecule has 1 aliphatic rings. The van der Waals surface area contributed by atoms with Crippen molar-refractivity contribution < 1.29 is 0 Å². The van der Waals surface area contributed by atoms with Gasteiger partial charge in [0.15, 0.2) is 0 Å². The molecule has 0 radical (unpaired) electrons. The summed E-state index contributed by atoms with van der Waals surface area (Å²) in [6, 6.07) is 6.43. The largest absolute Gasteiger partial charge is 0.328 e. The highest BCUT2D eigenvalue weighted by Crippen LogP contribution is 2.40. The summed E-state index contributed by atoms with van der Waals surface area (Å²) in [5, 5.41) is 0. The fourth-order valence-corrected chi connectivity index (χ4v) is 2.87. The van der Waals surface area contributed by atoms with Crippen LogP contribution in [-0.4, -0.2) is 15.4 Å². The fourth-order valence-electron chi connectivity index (χ4n) is 2.70. The Hall–Kier alpha value is -1.02. The lowest BCUT2D eigenvalue weighted by atomic mass is 10.2. The summed E-state index contributed by atoms with van der Waals surface area (Å²) < 4.78 is 2.39. The highest BCUT2D eigenvalue weighted by molar-refractivity contribution is 6.17. The van der Waals surface area contributed by atoms with Gasteiger partial charge in [0.2, 0.25) is 0 Å². The monoisotopic (exact) mass is 262 g/mol. The van der Waals surface area contributed by atoms with E-state index in [2.05, 4.69) is 36.6 Å². The quantitative estimate of drug-likeness (QED) is 0.767. The van der Waals surface area contributed by atoms with Crippen LogP contribution in [0.5, 0.6) is 0 Å². The van der Waals surface area contributed by atoms with Crippen LogP contribution < -0.4 is 0 Å². The Labute approximate surface area is 113 Å². The van der Waals surface area contributed by atoms with Crippen molar-refractivity contribution in [3.63, 3.8) is 0 Å². The SMILES string of the molecule is Cc1cccc2c1nc(CCCl)n2CC1CC1C. The number of benzene rings is 1. The van der Waals surface area contributed by atoms with Crippen molar-refractivity contribution in [2.45, 2.75) is 33.2 Å². The van der Waals surface area contributed by atoms with Crippen molar-refractivity contribution in [1.29, 1.82) is 0 Å². The number of imidazole rings is 1. The maximum atomic E-state index is 5.90. The maximum Gasteiger partial charge on any atom is 0.111 e. The molecular formula is C15H19ClN2. The van der Waals surface area contributed by atoms with Gasteiger partial charge >= 0.3 is 0 Å². The maximum absolute atomic E-state index is 5.90. The van der Waals surface area contributed by atoms with Crippen LogP contribution in [0.15, 0.2) is 18.2 Å². The summed E-state index contributed by atoms with van der Waals surface area (Å²) >= 11 is 5.90. The van der Waals surface area contributed by atoms with Gasteiger partial charge in [0.1, 0.15) is 5.82 Å². The molecule has 0 N–H and O–H groups in total. The topological polar surface area (TPSA) is 17.8 Å². The number of para-hydroxylation sites is 1. The van der Waals surface area contributed by atoms with Crippen molar-refractivity contribution >= 4 is 22.6 Å². The Balaban J connectivity index is 2.06. The van der Waals surface area contributed by atoms with Gasteiger partial charge in [-0.05, 0) is 36.8 Å². The van der Waals surface area contributed by atoms with E-state index in [9.17, 15) is 0 Å². The molecule has 1 aliphatic carbocycles. The molecule has 0 aliphatic heterocycles. The van der Waals surface area contributed by atoms with Gasteiger partial charge in [0.25, 0.3) is 0 Å². The van der Waals surface area contributed by atoms with Gasteiger partial charge < -0.3 is 4.57 Å². The lowest BCUT2D eigenvalue weighted by molar-refractivity contribution is 0.585. The van der Waals surface area contributed by atoms with Crippen LogP contribution in [0.4, 0.5) is 0 Å². The average molecular weight is 263 g/mol. The van der Waals surface area contributed by atoms with Crippen LogP contribution in [0.25, 0.3) is 11.0 Å². The van der Waals surface area contributed by atoms with E-state index in [1.807, 2.05) is 0 Å². The van der Waals surface area contributed by atoms with E-state index in [-0.39, 0.29) is 0 Å². The first-order valence-electron chi connectivity index (χ1n) is 6.71. The van der Waals surface area contributed by atoms with Gasteiger partial charge in [-0.3, -0.25) is 0 Å². The van der Waals surface area contributed by atoms with E-state index in [0.717, 1.165) is 36.1 Å². The van der Waals surface area contributed by atoms with Crippen LogP contribution in [0.1, 0.15) is 24.7 Å². The molecular weight excluding hydrogens is 244 g/mol. The lowest BCUT2D eigenvalue weighted by Gasteiger charge is -2.07. The zero-order valence-corrected chi connectivity index (χ0v) is 11.7. The zero-order valence-electron chi connectivity index (χ0n) is 11.0. The Morgan fingerprint density at radius 1 is 1.44 bits per heavy atom. The molecule has 1 heterocycles. The third-order valence-electron chi connectivity index (χ3n) is 4.07. The van der Waals surface area contributed by atoms with Crippen LogP contribution in [0.3, 0.4) is 0 Å². The summed E-state index contributed by atoms with van der Waals surface area (Å²) in [4.78, 5) is 4.79. The fraction of sp³-hybridized carbons (Fsp3) is 0.533. The first kappa shape index (κ1) is 12.0. The van der Waals surface area contributed by atoms with E-state index >= 15 is 0 Å². The van der Waals surface area contributed by atoms with E-state index in [1.165, 1.54) is 17.5 Å². The summed E-state index contributed by atoms with van der Waals surface area (Å²) in [5.41, 5.74) is 3.67. The minimum Gasteiger partial charge on any atom is -0.328 e. The number of hydrogen-bond acceptors (Lipinski definition) is 1. The average Bonchev–Trinajstić information content (AvgIpc) is 2.92. The molecule has 3 rings (SSSR count). The standard InChI is InChI=1S/C15H19ClN2/c1-10-4-3-5-13-15(10)17-14(6-7-16)18(13)9-12-8-11(12)2/h3-5,11-12H,6-9H2,1-2H3. The lowest BCUT2D eigenvalue weighted by Crippen LogP contribution is -2.06. The number of halogens is 1. The Morgan fingerprint density at radius 2 is 2.22 bits per heavy atom. The Bertz CT molecular complexity index is 573. The predicted octanol–water partition coefficient (Wildman–Crippen LogP) is 3.78. The van der Waals surface area contributed by atoms with Crippen LogP contribution in [0.2, 0.25) is 0 Å². The molecule has 2 atom stereocenters. The van der Waals surface area contributed by atoms with Crippen LogP contribution in [0, 0.1) is 18.8 Å². The second-order valence-corrected chi connectivity index (χ2v) is 5.87. The highest BCUT2D eigenvalue weighted by Gasteiger charge is 2.33. The van der Waals surface area contributed by atoms with Crippen LogP contribution in [-0.2, 0) is 13.0 Å². The summed E-state index contributed by atoms with van der Waals surface area (Å²) in [6.07, 6.45) is 2.21. The van der Waals surface area contributed by atoms with Crippen molar-refractivity contribution in [3.05, 3.63) is 29.6 Å². The van der Waals surface area contributed by atoms with E-state index in [4.69, 9.17) is 16.6 Å². The minimum atomic E-state index is 0.641. The Kier molecular flexibility index (Phi) is 3.06. The number of nitrogens with zero attached hydrogens (tertiary/aromatic N) is 2.